The number of nitriles is 1. The minimum absolute atomic E-state index is 0.417. The van der Waals surface area contributed by atoms with Crippen molar-refractivity contribution in [1.82, 2.24) is 4.98 Å². The first-order valence-electron chi connectivity index (χ1n) is 3.06. The summed E-state index contributed by atoms with van der Waals surface area (Å²) in [4.78, 5) is 4.84. The van der Waals surface area contributed by atoms with Crippen molar-refractivity contribution < 1.29 is 0 Å². The third-order valence-electron chi connectivity index (χ3n) is 1.30. The summed E-state index contributed by atoms with van der Waals surface area (Å²) in [6.07, 6.45) is 1.84. The highest BCUT2D eigenvalue weighted by atomic mass is 15.2. The molecule has 0 fully saturated rings. The molecule has 0 aliphatic rings. The van der Waals surface area contributed by atoms with E-state index in [0.29, 0.717) is 6.54 Å². The van der Waals surface area contributed by atoms with E-state index in [4.69, 9.17) is 5.26 Å². The number of H-pyrrole nitrogens is 1. The molecule has 1 heterocycles. The zero-order valence-corrected chi connectivity index (χ0v) is 5.83. The predicted octanol–water partition coefficient (Wildman–Crippen LogP) is 0.974. The van der Waals surface area contributed by atoms with Gasteiger partial charge in [-0.15, -0.1) is 0 Å². The van der Waals surface area contributed by atoms with Crippen LogP contribution in [0.5, 0.6) is 0 Å². The van der Waals surface area contributed by atoms with Crippen LogP contribution in [-0.2, 0) is 0 Å². The first-order chi connectivity index (χ1) is 4.84. The van der Waals surface area contributed by atoms with Crippen LogP contribution in [0, 0.1) is 11.3 Å². The van der Waals surface area contributed by atoms with Crippen molar-refractivity contribution in [3.05, 3.63) is 18.3 Å². The Morgan fingerprint density at radius 1 is 1.80 bits per heavy atom. The SMILES string of the molecule is CN(CC#N)c1ccc[nH]1. The van der Waals surface area contributed by atoms with Gasteiger partial charge in [-0.25, -0.2) is 0 Å². The van der Waals surface area contributed by atoms with Crippen molar-refractivity contribution in [3.63, 3.8) is 0 Å². The van der Waals surface area contributed by atoms with Crippen LogP contribution in [0.4, 0.5) is 5.82 Å². The van der Waals surface area contributed by atoms with E-state index < -0.39 is 0 Å². The minimum Gasteiger partial charge on any atom is -0.348 e. The van der Waals surface area contributed by atoms with Crippen molar-refractivity contribution >= 4 is 5.82 Å². The zero-order valence-electron chi connectivity index (χ0n) is 5.83. The van der Waals surface area contributed by atoms with Gasteiger partial charge >= 0.3 is 0 Å². The molecule has 1 aromatic rings. The second-order valence-corrected chi connectivity index (χ2v) is 2.07. The van der Waals surface area contributed by atoms with Crippen LogP contribution in [0.25, 0.3) is 0 Å². The molecule has 1 rings (SSSR count). The minimum atomic E-state index is 0.417. The Morgan fingerprint density at radius 3 is 3.10 bits per heavy atom. The molecule has 0 aliphatic carbocycles. The molecule has 0 saturated carbocycles. The van der Waals surface area contributed by atoms with Gasteiger partial charge in [0.05, 0.1) is 6.07 Å². The van der Waals surface area contributed by atoms with Crippen LogP contribution in [0.1, 0.15) is 0 Å². The maximum absolute atomic E-state index is 8.33. The molecular formula is C7H9N3. The van der Waals surface area contributed by atoms with E-state index in [-0.39, 0.29) is 0 Å². The Hall–Kier alpha value is -1.43. The Labute approximate surface area is 59.9 Å². The molecular weight excluding hydrogens is 126 g/mol. The average Bonchev–Trinajstić information content (AvgIpc) is 2.38. The molecule has 1 aromatic heterocycles. The lowest BCUT2D eigenvalue weighted by Crippen LogP contribution is -2.16. The third kappa shape index (κ3) is 1.29. The van der Waals surface area contributed by atoms with Gasteiger partial charge < -0.3 is 9.88 Å². The van der Waals surface area contributed by atoms with Gasteiger partial charge in [-0.2, -0.15) is 5.26 Å². The van der Waals surface area contributed by atoms with Crippen LogP contribution in [-0.4, -0.2) is 18.6 Å². The normalized spacial score (nSPS) is 8.80. The summed E-state index contributed by atoms with van der Waals surface area (Å²) in [6.45, 7) is 0.417. The summed E-state index contributed by atoms with van der Waals surface area (Å²) in [5.74, 6) is 0.974. The molecule has 3 heteroatoms. The lowest BCUT2D eigenvalue weighted by Gasteiger charge is -2.11. The van der Waals surface area contributed by atoms with E-state index >= 15 is 0 Å². The quantitative estimate of drug-likeness (QED) is 0.614. The number of hydrogen-bond acceptors (Lipinski definition) is 2. The van der Waals surface area contributed by atoms with Gasteiger partial charge in [-0.05, 0) is 12.1 Å². The largest absolute Gasteiger partial charge is 0.348 e. The van der Waals surface area contributed by atoms with Crippen molar-refractivity contribution in [2.45, 2.75) is 0 Å². The molecule has 0 unspecified atom stereocenters. The van der Waals surface area contributed by atoms with Gasteiger partial charge in [0.2, 0.25) is 0 Å². The number of rotatable bonds is 2. The third-order valence-corrected chi connectivity index (χ3v) is 1.30. The molecule has 0 amide bonds. The van der Waals surface area contributed by atoms with Crippen LogP contribution >= 0.6 is 0 Å². The van der Waals surface area contributed by atoms with Crippen LogP contribution in [0.15, 0.2) is 18.3 Å². The molecule has 1 N–H and O–H groups in total. The topological polar surface area (TPSA) is 42.8 Å². The average molecular weight is 135 g/mol. The van der Waals surface area contributed by atoms with E-state index in [2.05, 4.69) is 11.1 Å². The fourth-order valence-corrected chi connectivity index (χ4v) is 0.750. The molecule has 10 heavy (non-hydrogen) atoms. The fourth-order valence-electron chi connectivity index (χ4n) is 0.750. The highest BCUT2D eigenvalue weighted by molar-refractivity contribution is 5.38. The first-order valence-corrected chi connectivity index (χ1v) is 3.06. The van der Waals surface area contributed by atoms with Gasteiger partial charge in [0.15, 0.2) is 0 Å². The molecule has 0 aromatic carbocycles. The maximum Gasteiger partial charge on any atom is 0.106 e. The second kappa shape index (κ2) is 2.92. The van der Waals surface area contributed by atoms with Crippen molar-refractivity contribution in [2.75, 3.05) is 18.5 Å². The molecule has 0 atom stereocenters. The molecule has 3 nitrogen and oxygen atoms in total. The smallest absolute Gasteiger partial charge is 0.106 e. The second-order valence-electron chi connectivity index (χ2n) is 2.07. The van der Waals surface area contributed by atoms with Crippen molar-refractivity contribution in [3.8, 4) is 6.07 Å². The number of nitrogens with one attached hydrogen (secondary N) is 1. The number of anilines is 1. The summed E-state index contributed by atoms with van der Waals surface area (Å²) in [7, 11) is 1.87. The van der Waals surface area contributed by atoms with Crippen LogP contribution in [0.2, 0.25) is 0 Å². The molecule has 0 spiro atoms. The summed E-state index contributed by atoms with van der Waals surface area (Å²) in [5.41, 5.74) is 0. The maximum atomic E-state index is 8.33. The van der Waals surface area contributed by atoms with Gasteiger partial charge in [-0.1, -0.05) is 0 Å². The molecule has 0 radical (unpaired) electrons. The van der Waals surface area contributed by atoms with E-state index in [1.54, 1.807) is 0 Å². The lowest BCUT2D eigenvalue weighted by molar-refractivity contribution is 1.01. The Balaban J connectivity index is 2.61. The zero-order chi connectivity index (χ0) is 7.40. The number of hydrogen-bond donors (Lipinski definition) is 1. The molecule has 0 saturated heterocycles. The van der Waals surface area contributed by atoms with Crippen molar-refractivity contribution in [2.24, 2.45) is 0 Å². The lowest BCUT2D eigenvalue weighted by atomic mass is 10.5. The van der Waals surface area contributed by atoms with Crippen LogP contribution < -0.4 is 4.90 Å². The van der Waals surface area contributed by atoms with Gasteiger partial charge in [-0.3, -0.25) is 0 Å². The highest BCUT2D eigenvalue weighted by Crippen LogP contribution is 2.05. The summed E-state index contributed by atoms with van der Waals surface area (Å²) >= 11 is 0. The summed E-state index contributed by atoms with van der Waals surface area (Å²) in [5, 5.41) is 8.33. The highest BCUT2D eigenvalue weighted by Gasteiger charge is 1.96. The fraction of sp³-hybridized carbons (Fsp3) is 0.286. The van der Waals surface area contributed by atoms with Crippen LogP contribution in [0.3, 0.4) is 0 Å². The molecule has 0 bridgehead atoms. The predicted molar refractivity (Wildman–Crippen MR) is 39.7 cm³/mol. The Bertz CT molecular complexity index is 219. The molecule has 0 aliphatic heterocycles. The van der Waals surface area contributed by atoms with E-state index in [1.807, 2.05) is 30.3 Å². The van der Waals surface area contributed by atoms with E-state index in [1.165, 1.54) is 0 Å². The number of aromatic nitrogens is 1. The van der Waals surface area contributed by atoms with Crippen molar-refractivity contribution in [1.29, 1.82) is 5.26 Å². The Kier molecular flexibility index (Phi) is 1.96. The monoisotopic (exact) mass is 135 g/mol. The van der Waals surface area contributed by atoms with Gasteiger partial charge in [0.25, 0.3) is 0 Å². The van der Waals surface area contributed by atoms with E-state index in [0.717, 1.165) is 5.82 Å². The van der Waals surface area contributed by atoms with E-state index in [9.17, 15) is 0 Å². The molecule has 52 valence electrons. The number of aromatic amines is 1. The number of nitrogens with zero attached hydrogens (tertiary/aromatic N) is 2. The van der Waals surface area contributed by atoms with Gasteiger partial charge in [0, 0.05) is 13.2 Å². The Morgan fingerprint density at radius 2 is 2.60 bits per heavy atom. The first kappa shape index (κ1) is 6.69. The summed E-state index contributed by atoms with van der Waals surface area (Å²) < 4.78 is 0. The summed E-state index contributed by atoms with van der Waals surface area (Å²) in [6, 6.07) is 5.90. The van der Waals surface area contributed by atoms with Gasteiger partial charge in [0.1, 0.15) is 12.4 Å². The standard InChI is InChI=1S/C7H9N3/c1-10(6-4-8)7-3-2-5-9-7/h2-3,5,9H,6H2,1H3.